The van der Waals surface area contributed by atoms with Gasteiger partial charge in [-0.1, -0.05) is 48.5 Å². The van der Waals surface area contributed by atoms with Crippen LogP contribution >= 0.6 is 11.3 Å². The molecule has 0 spiro atoms. The third kappa shape index (κ3) is 3.06. The highest BCUT2D eigenvalue weighted by atomic mass is 32.1. The van der Waals surface area contributed by atoms with Gasteiger partial charge in [0.1, 0.15) is 0 Å². The third-order valence-electron chi connectivity index (χ3n) is 4.14. The molecule has 124 valence electrons. The molecule has 4 rings (SSSR count). The maximum Gasteiger partial charge on any atom is 0.204 e. The van der Waals surface area contributed by atoms with Gasteiger partial charge in [0.05, 0.1) is 11.9 Å². The van der Waals surface area contributed by atoms with Crippen molar-refractivity contribution in [1.29, 1.82) is 0 Å². The normalized spacial score (nSPS) is 11.4. The van der Waals surface area contributed by atoms with Crippen LogP contribution in [0.4, 0.5) is 5.13 Å². The molecule has 4 aromatic rings. The molecule has 0 amide bonds. The lowest BCUT2D eigenvalue weighted by Crippen LogP contribution is -1.89. The third-order valence-corrected chi connectivity index (χ3v) is 5.01. The summed E-state index contributed by atoms with van der Waals surface area (Å²) in [7, 11) is 2.05. The molecule has 2 aromatic carbocycles. The monoisotopic (exact) mass is 346 g/mol. The lowest BCUT2D eigenvalue weighted by molar-refractivity contribution is 0.968. The van der Waals surface area contributed by atoms with Gasteiger partial charge in [-0.15, -0.1) is 11.3 Å². The van der Waals surface area contributed by atoms with E-state index >= 15 is 0 Å². The minimum atomic E-state index is 0.799. The van der Waals surface area contributed by atoms with Gasteiger partial charge in [-0.3, -0.25) is 5.43 Å². The molecular weight excluding hydrogens is 328 g/mol. The number of thiazole rings is 1. The second kappa shape index (κ2) is 6.53. The van der Waals surface area contributed by atoms with E-state index in [0.717, 1.165) is 22.0 Å². The standard InChI is InChI=1S/C20H18N4S/c1-14-19(15-8-4-3-5-9-15)22-20(25-14)23-21-12-16-13-24(2)18-11-7-6-10-17(16)18/h3-13H,1-2H3,(H,22,23)/b21-12-. The Hall–Kier alpha value is -2.92. The molecule has 0 saturated heterocycles. The van der Waals surface area contributed by atoms with Crippen LogP contribution in [0.15, 0.2) is 65.9 Å². The van der Waals surface area contributed by atoms with Crippen molar-refractivity contribution in [1.82, 2.24) is 9.55 Å². The van der Waals surface area contributed by atoms with Crippen molar-refractivity contribution in [2.24, 2.45) is 12.1 Å². The lowest BCUT2D eigenvalue weighted by Gasteiger charge is -1.96. The fourth-order valence-electron chi connectivity index (χ4n) is 2.94. The van der Waals surface area contributed by atoms with E-state index < -0.39 is 0 Å². The first kappa shape index (κ1) is 15.6. The zero-order valence-corrected chi connectivity index (χ0v) is 14.9. The van der Waals surface area contributed by atoms with Gasteiger partial charge in [0.25, 0.3) is 0 Å². The number of fused-ring (bicyclic) bond motifs is 1. The first-order chi connectivity index (χ1) is 12.2. The van der Waals surface area contributed by atoms with Crippen LogP contribution in [0.25, 0.3) is 22.2 Å². The number of hydrazone groups is 1. The van der Waals surface area contributed by atoms with E-state index in [0.29, 0.717) is 0 Å². The second-order valence-electron chi connectivity index (χ2n) is 5.87. The number of hydrogen-bond donors (Lipinski definition) is 1. The number of benzene rings is 2. The van der Waals surface area contributed by atoms with Crippen LogP contribution in [0, 0.1) is 6.92 Å². The van der Waals surface area contributed by atoms with Crippen LogP contribution in [-0.2, 0) is 7.05 Å². The molecule has 0 saturated carbocycles. The summed E-state index contributed by atoms with van der Waals surface area (Å²) in [6.07, 6.45) is 3.93. The Labute approximate surface area is 150 Å². The van der Waals surface area contributed by atoms with Crippen molar-refractivity contribution in [3.63, 3.8) is 0 Å². The molecule has 25 heavy (non-hydrogen) atoms. The van der Waals surface area contributed by atoms with Crippen molar-refractivity contribution >= 4 is 33.6 Å². The molecule has 0 unspecified atom stereocenters. The van der Waals surface area contributed by atoms with Gasteiger partial charge in [-0.25, -0.2) is 4.98 Å². The Morgan fingerprint density at radius 1 is 1.08 bits per heavy atom. The van der Waals surface area contributed by atoms with Gasteiger partial charge in [-0.05, 0) is 13.0 Å². The van der Waals surface area contributed by atoms with Crippen molar-refractivity contribution < 1.29 is 0 Å². The van der Waals surface area contributed by atoms with Crippen molar-refractivity contribution in [2.75, 3.05) is 5.43 Å². The number of nitrogens with zero attached hydrogens (tertiary/aromatic N) is 3. The van der Waals surface area contributed by atoms with Crippen molar-refractivity contribution in [3.05, 3.63) is 71.2 Å². The molecule has 0 aliphatic carbocycles. The maximum atomic E-state index is 4.67. The van der Waals surface area contributed by atoms with E-state index in [1.54, 1.807) is 11.3 Å². The van der Waals surface area contributed by atoms with Gasteiger partial charge in [0, 0.05) is 40.2 Å². The Morgan fingerprint density at radius 2 is 1.84 bits per heavy atom. The highest BCUT2D eigenvalue weighted by Gasteiger charge is 2.09. The molecule has 0 fully saturated rings. The molecule has 0 aliphatic rings. The number of anilines is 1. The fraction of sp³-hybridized carbons (Fsp3) is 0.100. The largest absolute Gasteiger partial charge is 0.350 e. The van der Waals surface area contributed by atoms with Crippen molar-refractivity contribution in [2.45, 2.75) is 6.92 Å². The molecule has 2 heterocycles. The molecule has 4 nitrogen and oxygen atoms in total. The Morgan fingerprint density at radius 3 is 2.68 bits per heavy atom. The minimum absolute atomic E-state index is 0.799. The smallest absolute Gasteiger partial charge is 0.204 e. The molecular formula is C20H18N4S. The van der Waals surface area contributed by atoms with Gasteiger partial charge in [0.2, 0.25) is 5.13 Å². The highest BCUT2D eigenvalue weighted by molar-refractivity contribution is 7.15. The van der Waals surface area contributed by atoms with Crippen LogP contribution < -0.4 is 5.43 Å². The fourth-order valence-corrected chi connectivity index (χ4v) is 3.73. The van der Waals surface area contributed by atoms with E-state index in [1.165, 1.54) is 15.8 Å². The average molecular weight is 346 g/mol. The van der Waals surface area contributed by atoms with Crippen LogP contribution in [0.1, 0.15) is 10.4 Å². The lowest BCUT2D eigenvalue weighted by atomic mass is 10.1. The summed E-state index contributed by atoms with van der Waals surface area (Å²) < 4.78 is 2.11. The average Bonchev–Trinajstić information content (AvgIpc) is 3.17. The number of rotatable bonds is 4. The highest BCUT2D eigenvalue weighted by Crippen LogP contribution is 2.30. The number of aromatic nitrogens is 2. The topological polar surface area (TPSA) is 42.2 Å². The molecule has 1 N–H and O–H groups in total. The van der Waals surface area contributed by atoms with E-state index in [1.807, 2.05) is 43.6 Å². The summed E-state index contributed by atoms with van der Waals surface area (Å²) in [6.45, 7) is 2.08. The SMILES string of the molecule is Cc1sc(N/N=C\c2cn(C)c3ccccc23)nc1-c1ccccc1. The summed E-state index contributed by atoms with van der Waals surface area (Å²) in [5, 5.41) is 6.37. The minimum Gasteiger partial charge on any atom is -0.350 e. The van der Waals surface area contributed by atoms with Crippen LogP contribution in [0.3, 0.4) is 0 Å². The molecule has 0 atom stereocenters. The number of para-hydroxylation sites is 1. The van der Waals surface area contributed by atoms with Gasteiger partial charge < -0.3 is 4.57 Å². The van der Waals surface area contributed by atoms with Crippen LogP contribution in [-0.4, -0.2) is 15.8 Å². The van der Waals surface area contributed by atoms with Crippen LogP contribution in [0.2, 0.25) is 0 Å². The Bertz CT molecular complexity index is 1040. The Balaban J connectivity index is 1.56. The van der Waals surface area contributed by atoms with Gasteiger partial charge >= 0.3 is 0 Å². The molecule has 0 radical (unpaired) electrons. The molecule has 5 heteroatoms. The van der Waals surface area contributed by atoms with E-state index in [2.05, 4.69) is 57.5 Å². The first-order valence-electron chi connectivity index (χ1n) is 8.08. The van der Waals surface area contributed by atoms with Gasteiger partial charge in [0.15, 0.2) is 0 Å². The molecule has 2 aromatic heterocycles. The van der Waals surface area contributed by atoms with E-state index in [4.69, 9.17) is 0 Å². The number of hydrogen-bond acceptors (Lipinski definition) is 4. The van der Waals surface area contributed by atoms with E-state index in [9.17, 15) is 0 Å². The van der Waals surface area contributed by atoms with Gasteiger partial charge in [-0.2, -0.15) is 5.10 Å². The van der Waals surface area contributed by atoms with Crippen molar-refractivity contribution in [3.8, 4) is 11.3 Å². The predicted octanol–water partition coefficient (Wildman–Crippen LogP) is 5.06. The summed E-state index contributed by atoms with van der Waals surface area (Å²) in [5.41, 5.74) is 7.48. The zero-order valence-electron chi connectivity index (χ0n) is 14.1. The maximum absolute atomic E-state index is 4.67. The molecule has 0 aliphatic heterocycles. The number of nitrogens with one attached hydrogen (secondary N) is 1. The summed E-state index contributed by atoms with van der Waals surface area (Å²) in [5.74, 6) is 0. The quantitative estimate of drug-likeness (QED) is 0.415. The number of aryl methyl sites for hydroxylation is 2. The Kier molecular flexibility index (Phi) is 4.07. The summed E-state index contributed by atoms with van der Waals surface area (Å²) in [4.78, 5) is 5.84. The predicted molar refractivity (Wildman–Crippen MR) is 106 cm³/mol. The zero-order chi connectivity index (χ0) is 17.2. The molecule has 0 bridgehead atoms. The first-order valence-corrected chi connectivity index (χ1v) is 8.90. The summed E-state index contributed by atoms with van der Waals surface area (Å²) in [6, 6.07) is 18.5. The second-order valence-corrected chi connectivity index (χ2v) is 7.08. The summed E-state index contributed by atoms with van der Waals surface area (Å²) >= 11 is 1.61. The van der Waals surface area contributed by atoms with E-state index in [-0.39, 0.29) is 0 Å². The van der Waals surface area contributed by atoms with Crippen LogP contribution in [0.5, 0.6) is 0 Å².